The number of carboxylic acids is 1. The van der Waals surface area contributed by atoms with Gasteiger partial charge in [-0.1, -0.05) is 35.4 Å². The molecular formula is C26H24ClF2NO6. The quantitative estimate of drug-likeness (QED) is 0.441. The number of carbonyl (C=O) groups is 2. The molecule has 1 aliphatic heterocycles. The summed E-state index contributed by atoms with van der Waals surface area (Å²) in [5.74, 6) is -0.700. The van der Waals surface area contributed by atoms with Gasteiger partial charge in [-0.05, 0) is 49.6 Å². The Morgan fingerprint density at radius 2 is 2.00 bits per heavy atom. The van der Waals surface area contributed by atoms with Crippen LogP contribution in [-0.2, 0) is 9.53 Å². The maximum Gasteiger partial charge on any atom is 0.345 e. The van der Waals surface area contributed by atoms with Crippen molar-refractivity contribution in [2.24, 2.45) is 0 Å². The van der Waals surface area contributed by atoms with E-state index in [1.165, 1.54) is 0 Å². The summed E-state index contributed by atoms with van der Waals surface area (Å²) >= 11 is 6.33. The van der Waals surface area contributed by atoms with E-state index in [0.29, 0.717) is 54.2 Å². The van der Waals surface area contributed by atoms with Gasteiger partial charge >= 0.3 is 12.6 Å². The van der Waals surface area contributed by atoms with Crippen molar-refractivity contribution in [2.45, 2.75) is 37.9 Å². The molecule has 0 aromatic heterocycles. The molecule has 2 unspecified atom stereocenters. The number of hydrogen-bond acceptors (Lipinski definition) is 5. The van der Waals surface area contributed by atoms with Gasteiger partial charge in [0.05, 0.1) is 23.7 Å². The third-order valence-electron chi connectivity index (χ3n) is 5.86. The first-order chi connectivity index (χ1) is 17.3. The van der Waals surface area contributed by atoms with Gasteiger partial charge < -0.3 is 24.6 Å². The Kier molecular flexibility index (Phi) is 8.22. The number of ether oxygens (including phenoxy) is 3. The number of allylic oxidation sites excluding steroid dienone is 1. The van der Waals surface area contributed by atoms with Crippen LogP contribution in [0.25, 0.3) is 0 Å². The predicted octanol–water partition coefficient (Wildman–Crippen LogP) is 5.70. The zero-order valence-corrected chi connectivity index (χ0v) is 19.8. The van der Waals surface area contributed by atoms with Crippen LogP contribution in [0.15, 0.2) is 60.2 Å². The molecule has 10 heteroatoms. The van der Waals surface area contributed by atoms with Crippen molar-refractivity contribution in [3.63, 3.8) is 0 Å². The minimum atomic E-state index is -2.80. The summed E-state index contributed by atoms with van der Waals surface area (Å²) < 4.78 is 40.4. The van der Waals surface area contributed by atoms with Gasteiger partial charge in [-0.15, -0.1) is 0 Å². The van der Waals surface area contributed by atoms with Crippen LogP contribution in [0.4, 0.5) is 8.78 Å². The van der Waals surface area contributed by atoms with Gasteiger partial charge in [-0.3, -0.25) is 9.59 Å². The van der Waals surface area contributed by atoms with E-state index in [1.807, 2.05) is 6.08 Å². The minimum absolute atomic E-state index is 0.255. The smallest absolute Gasteiger partial charge is 0.345 e. The van der Waals surface area contributed by atoms with Gasteiger partial charge in [-0.25, -0.2) is 0 Å². The second-order valence-electron chi connectivity index (χ2n) is 8.29. The molecule has 36 heavy (non-hydrogen) atoms. The summed E-state index contributed by atoms with van der Waals surface area (Å²) in [6, 6.07) is 9.60. The van der Waals surface area contributed by atoms with Crippen molar-refractivity contribution in [1.29, 1.82) is 0 Å². The molecule has 2 N–H and O–H groups in total. The van der Waals surface area contributed by atoms with Crippen LogP contribution in [0.5, 0.6) is 17.2 Å². The molecule has 0 spiro atoms. The molecular weight excluding hydrogens is 496 g/mol. The van der Waals surface area contributed by atoms with Gasteiger partial charge in [0.2, 0.25) is 0 Å². The molecule has 7 nitrogen and oxygen atoms in total. The molecule has 1 heterocycles. The Labute approximate surface area is 211 Å². The Morgan fingerprint density at radius 1 is 1.22 bits per heavy atom. The van der Waals surface area contributed by atoms with Crippen molar-refractivity contribution in [3.05, 3.63) is 76.3 Å². The topological polar surface area (TPSA) is 94.1 Å². The van der Waals surface area contributed by atoms with E-state index in [4.69, 9.17) is 21.1 Å². The second kappa shape index (κ2) is 11.5. The third-order valence-corrected chi connectivity index (χ3v) is 6.16. The molecule has 0 bridgehead atoms. The number of nitrogens with one attached hydrogen (secondary N) is 1. The number of fused-ring (bicyclic) bond motifs is 1. The summed E-state index contributed by atoms with van der Waals surface area (Å²) in [6.07, 6.45) is 5.81. The van der Waals surface area contributed by atoms with Crippen LogP contribution in [0.1, 0.15) is 41.1 Å². The molecule has 0 fully saturated rings. The highest BCUT2D eigenvalue weighted by molar-refractivity contribution is 6.32. The number of carbonyl (C=O) groups excluding carboxylic acids is 1. The summed E-state index contributed by atoms with van der Waals surface area (Å²) in [5.41, 5.74) is 1.89. The van der Waals surface area contributed by atoms with Crippen molar-refractivity contribution in [2.75, 3.05) is 13.2 Å². The van der Waals surface area contributed by atoms with Crippen LogP contribution < -0.4 is 14.8 Å². The van der Waals surface area contributed by atoms with Crippen LogP contribution in [0.2, 0.25) is 5.02 Å². The number of carboxylic acid groups (broad SMARTS) is 1. The van der Waals surface area contributed by atoms with Gasteiger partial charge in [0, 0.05) is 23.7 Å². The average molecular weight is 520 g/mol. The van der Waals surface area contributed by atoms with Gasteiger partial charge in [0.1, 0.15) is 17.2 Å². The molecule has 1 aliphatic carbocycles. The minimum Gasteiger partial charge on any atom is -0.493 e. The maximum absolute atomic E-state index is 12.5. The molecule has 1 amide bonds. The molecule has 2 aliphatic rings. The first kappa shape index (κ1) is 25.7. The Balaban J connectivity index is 1.30. The lowest BCUT2D eigenvalue weighted by Crippen LogP contribution is -2.25. The van der Waals surface area contributed by atoms with E-state index in [0.717, 1.165) is 5.57 Å². The summed E-state index contributed by atoms with van der Waals surface area (Å²) in [4.78, 5) is 23.9. The monoisotopic (exact) mass is 519 g/mol. The van der Waals surface area contributed by atoms with E-state index >= 15 is 0 Å². The van der Waals surface area contributed by atoms with Crippen LogP contribution >= 0.6 is 11.6 Å². The van der Waals surface area contributed by atoms with E-state index in [9.17, 15) is 23.5 Å². The predicted molar refractivity (Wildman–Crippen MR) is 128 cm³/mol. The number of amides is 1. The fourth-order valence-corrected chi connectivity index (χ4v) is 4.22. The van der Waals surface area contributed by atoms with Crippen molar-refractivity contribution in [1.82, 2.24) is 5.32 Å². The number of alkyl halides is 2. The highest BCUT2D eigenvalue weighted by atomic mass is 35.5. The standard InChI is InChI=1S/C26H24ClF2NO6/c27-21-13-20-19(25(32)33)10-12-34-22(20)14-23(21)35-17-7-3-16(4-8-17)24(31)30-11-9-15-1-5-18(6-2-15)36-26(28)29/h1-5,7-8,13-14,18-19,26H,6,9-12H2,(H,30,31)(H,32,33). The maximum atomic E-state index is 12.5. The van der Waals surface area contributed by atoms with Crippen molar-refractivity contribution >= 4 is 23.5 Å². The highest BCUT2D eigenvalue weighted by Crippen LogP contribution is 2.41. The molecule has 2 aromatic rings. The lowest BCUT2D eigenvalue weighted by atomic mass is 9.93. The molecule has 190 valence electrons. The fourth-order valence-electron chi connectivity index (χ4n) is 4.01. The Bertz CT molecular complexity index is 1180. The van der Waals surface area contributed by atoms with Crippen LogP contribution in [0.3, 0.4) is 0 Å². The SMILES string of the molecule is O=C(NCCC1=CCC(OC(F)F)C=C1)c1ccc(Oc2cc3c(cc2Cl)C(C(=O)O)CCO3)cc1. The van der Waals surface area contributed by atoms with E-state index < -0.39 is 24.6 Å². The van der Waals surface area contributed by atoms with Crippen LogP contribution in [-0.4, -0.2) is 42.9 Å². The summed E-state index contributed by atoms with van der Waals surface area (Å²) in [6.45, 7) is -2.13. The highest BCUT2D eigenvalue weighted by Gasteiger charge is 2.29. The first-order valence-electron chi connectivity index (χ1n) is 11.4. The van der Waals surface area contributed by atoms with Gasteiger partial charge in [0.15, 0.2) is 0 Å². The number of benzene rings is 2. The lowest BCUT2D eigenvalue weighted by Gasteiger charge is -2.24. The number of halogens is 3. The summed E-state index contributed by atoms with van der Waals surface area (Å²) in [7, 11) is 0. The normalized spacial score (nSPS) is 18.7. The van der Waals surface area contributed by atoms with Crippen molar-refractivity contribution in [3.8, 4) is 17.2 Å². The van der Waals surface area contributed by atoms with E-state index in [2.05, 4.69) is 10.1 Å². The molecule has 2 atom stereocenters. The summed E-state index contributed by atoms with van der Waals surface area (Å²) in [5, 5.41) is 12.5. The molecule has 2 aromatic carbocycles. The zero-order chi connectivity index (χ0) is 25.7. The number of aliphatic carboxylic acids is 1. The van der Waals surface area contributed by atoms with Crippen molar-refractivity contribution < 1.29 is 37.7 Å². The fraction of sp³-hybridized carbons (Fsp3) is 0.308. The average Bonchev–Trinajstić information content (AvgIpc) is 2.85. The second-order valence-corrected chi connectivity index (χ2v) is 8.70. The number of hydrogen-bond donors (Lipinski definition) is 2. The lowest BCUT2D eigenvalue weighted by molar-refractivity contribution is -0.149. The van der Waals surface area contributed by atoms with E-state index in [-0.39, 0.29) is 17.5 Å². The Hall–Kier alpha value is -3.43. The molecule has 0 saturated heterocycles. The molecule has 0 radical (unpaired) electrons. The largest absolute Gasteiger partial charge is 0.493 e. The third kappa shape index (κ3) is 6.41. The molecule has 4 rings (SSSR count). The van der Waals surface area contributed by atoms with E-state index in [1.54, 1.807) is 48.6 Å². The Morgan fingerprint density at radius 3 is 2.67 bits per heavy atom. The first-order valence-corrected chi connectivity index (χ1v) is 11.7. The zero-order valence-electron chi connectivity index (χ0n) is 19.1. The van der Waals surface area contributed by atoms with Gasteiger partial charge in [-0.2, -0.15) is 8.78 Å². The molecule has 0 saturated carbocycles. The van der Waals surface area contributed by atoms with Crippen LogP contribution in [0, 0.1) is 0 Å². The van der Waals surface area contributed by atoms with Gasteiger partial charge in [0.25, 0.3) is 5.91 Å². The number of rotatable bonds is 9.